The molecule has 0 radical (unpaired) electrons. The minimum Gasteiger partial charge on any atom is -0.508 e. The number of hydrogen-bond acceptors (Lipinski definition) is 5. The van der Waals surface area contributed by atoms with Crippen LogP contribution >= 0.6 is 0 Å². The third-order valence-electron chi connectivity index (χ3n) is 2.20. The number of hydrogen-bond donors (Lipinski definition) is 3. The summed E-state index contributed by atoms with van der Waals surface area (Å²) >= 11 is 0. The van der Waals surface area contributed by atoms with E-state index >= 15 is 0 Å². The Bertz CT molecular complexity index is 530. The van der Waals surface area contributed by atoms with Crippen LogP contribution in [-0.4, -0.2) is 39.3 Å². The smallest absolute Gasteiger partial charge is 0.345 e. The van der Waals surface area contributed by atoms with Crippen molar-refractivity contribution in [1.82, 2.24) is 0 Å². The fraction of sp³-hybridized carbons (Fsp3) is 0.154. The van der Waals surface area contributed by atoms with Crippen molar-refractivity contribution in [3.8, 4) is 5.75 Å². The van der Waals surface area contributed by atoms with Gasteiger partial charge in [-0.05, 0) is 23.8 Å². The van der Waals surface area contributed by atoms with Gasteiger partial charge in [0.25, 0.3) is 0 Å². The van der Waals surface area contributed by atoms with Crippen LogP contribution in [0.1, 0.15) is 12.0 Å². The first-order valence-electron chi connectivity index (χ1n) is 5.51. The molecule has 20 heavy (non-hydrogen) atoms. The number of aromatic hydroxyl groups is 1. The van der Waals surface area contributed by atoms with E-state index in [4.69, 9.17) is 15.3 Å². The fourth-order valence-electron chi connectivity index (χ4n) is 1.27. The lowest BCUT2D eigenvalue weighted by Crippen LogP contribution is -2.28. The van der Waals surface area contributed by atoms with Crippen LogP contribution in [0.3, 0.4) is 0 Å². The second kappa shape index (κ2) is 6.93. The van der Waals surface area contributed by atoms with E-state index in [1.54, 1.807) is 0 Å². The third kappa shape index (κ3) is 5.21. The van der Waals surface area contributed by atoms with Gasteiger partial charge in [-0.2, -0.15) is 0 Å². The van der Waals surface area contributed by atoms with Gasteiger partial charge in [0.05, 0.1) is 6.42 Å². The fourth-order valence-corrected chi connectivity index (χ4v) is 1.27. The van der Waals surface area contributed by atoms with Crippen LogP contribution in [0.25, 0.3) is 6.08 Å². The minimum atomic E-state index is -1.73. The molecule has 0 amide bonds. The molecule has 0 saturated carbocycles. The van der Waals surface area contributed by atoms with E-state index < -0.39 is 30.4 Å². The maximum absolute atomic E-state index is 11.4. The van der Waals surface area contributed by atoms with E-state index in [-0.39, 0.29) is 5.75 Å². The molecule has 7 heteroatoms. The first kappa shape index (κ1) is 15.2. The molecule has 1 aromatic rings. The van der Waals surface area contributed by atoms with E-state index in [9.17, 15) is 14.4 Å². The number of carboxylic acid groups (broad SMARTS) is 2. The molecule has 0 spiro atoms. The topological polar surface area (TPSA) is 121 Å². The summed E-state index contributed by atoms with van der Waals surface area (Å²) in [5.41, 5.74) is 0.588. The van der Waals surface area contributed by atoms with Crippen LogP contribution < -0.4 is 0 Å². The van der Waals surface area contributed by atoms with Crippen LogP contribution in [0.5, 0.6) is 5.75 Å². The van der Waals surface area contributed by atoms with Crippen molar-refractivity contribution >= 4 is 24.0 Å². The summed E-state index contributed by atoms with van der Waals surface area (Å²) in [7, 11) is 0. The largest absolute Gasteiger partial charge is 0.508 e. The van der Waals surface area contributed by atoms with Crippen molar-refractivity contribution in [2.75, 3.05) is 0 Å². The Balaban J connectivity index is 2.63. The Hall–Kier alpha value is -2.83. The monoisotopic (exact) mass is 280 g/mol. The maximum atomic E-state index is 11.4. The number of phenols is 1. The van der Waals surface area contributed by atoms with Gasteiger partial charge in [0.2, 0.25) is 6.10 Å². The normalized spacial score (nSPS) is 12.0. The Morgan fingerprint density at radius 3 is 2.25 bits per heavy atom. The lowest BCUT2D eigenvalue weighted by Gasteiger charge is -2.09. The van der Waals surface area contributed by atoms with E-state index in [0.717, 1.165) is 6.08 Å². The highest BCUT2D eigenvalue weighted by Gasteiger charge is 2.24. The molecule has 0 aliphatic heterocycles. The van der Waals surface area contributed by atoms with Crippen molar-refractivity contribution in [3.05, 3.63) is 35.9 Å². The second-order valence-electron chi connectivity index (χ2n) is 3.79. The summed E-state index contributed by atoms with van der Waals surface area (Å²) in [6.45, 7) is 0. The maximum Gasteiger partial charge on any atom is 0.345 e. The summed E-state index contributed by atoms with van der Waals surface area (Å²) < 4.78 is 4.51. The molecule has 0 bridgehead atoms. The van der Waals surface area contributed by atoms with E-state index in [1.807, 2.05) is 0 Å². The van der Waals surface area contributed by atoms with Crippen LogP contribution in [0, 0.1) is 0 Å². The predicted octanol–water partition coefficient (Wildman–Crippen LogP) is 0.877. The molecule has 1 atom stereocenters. The Kier molecular flexibility index (Phi) is 5.28. The SMILES string of the molecule is O=C(O)C[C@H](OC(=O)C=Cc1ccc(O)cc1)C(=O)O. The molecule has 0 fully saturated rings. The van der Waals surface area contributed by atoms with Crippen molar-refractivity contribution in [2.45, 2.75) is 12.5 Å². The van der Waals surface area contributed by atoms with E-state index in [0.29, 0.717) is 5.56 Å². The van der Waals surface area contributed by atoms with Crippen molar-refractivity contribution < 1.29 is 34.4 Å². The zero-order chi connectivity index (χ0) is 15.1. The lowest BCUT2D eigenvalue weighted by molar-refractivity contribution is -0.164. The van der Waals surface area contributed by atoms with Crippen LogP contribution in [0.15, 0.2) is 30.3 Å². The van der Waals surface area contributed by atoms with Gasteiger partial charge in [-0.25, -0.2) is 9.59 Å². The van der Waals surface area contributed by atoms with Crippen LogP contribution in [-0.2, 0) is 19.1 Å². The van der Waals surface area contributed by atoms with Gasteiger partial charge in [-0.3, -0.25) is 4.79 Å². The van der Waals surface area contributed by atoms with Gasteiger partial charge >= 0.3 is 17.9 Å². The number of benzene rings is 1. The first-order chi connectivity index (χ1) is 9.38. The summed E-state index contributed by atoms with van der Waals surface area (Å²) in [6, 6.07) is 5.89. The Morgan fingerprint density at radius 1 is 1.15 bits per heavy atom. The molecule has 0 aliphatic carbocycles. The number of phenolic OH excluding ortho intramolecular Hbond substituents is 1. The van der Waals surface area contributed by atoms with Gasteiger partial charge in [0.1, 0.15) is 5.75 Å². The zero-order valence-electron chi connectivity index (χ0n) is 10.2. The standard InChI is InChI=1S/C13H12O7/c14-9-4-1-8(2-5-9)3-6-12(17)20-10(13(18)19)7-11(15)16/h1-6,10,14H,7H2,(H,15,16)(H,18,19)/t10-/m0/s1. The minimum absolute atomic E-state index is 0.0668. The quantitative estimate of drug-likeness (QED) is 0.522. The second-order valence-corrected chi connectivity index (χ2v) is 3.79. The first-order valence-corrected chi connectivity index (χ1v) is 5.51. The van der Waals surface area contributed by atoms with Gasteiger partial charge < -0.3 is 20.1 Å². The van der Waals surface area contributed by atoms with Crippen LogP contribution in [0.2, 0.25) is 0 Å². The number of ether oxygens (including phenoxy) is 1. The highest BCUT2D eigenvalue weighted by molar-refractivity contribution is 5.90. The molecule has 106 valence electrons. The molecule has 0 heterocycles. The molecule has 0 aliphatic rings. The van der Waals surface area contributed by atoms with Gasteiger partial charge in [-0.15, -0.1) is 0 Å². The van der Waals surface area contributed by atoms with E-state index in [1.165, 1.54) is 30.3 Å². The van der Waals surface area contributed by atoms with Crippen molar-refractivity contribution in [1.29, 1.82) is 0 Å². The zero-order valence-corrected chi connectivity index (χ0v) is 10.2. The molecule has 1 rings (SSSR count). The third-order valence-corrected chi connectivity index (χ3v) is 2.20. The number of rotatable bonds is 6. The number of aliphatic carboxylic acids is 2. The average Bonchev–Trinajstić information content (AvgIpc) is 2.36. The summed E-state index contributed by atoms with van der Waals surface area (Å²) in [5, 5.41) is 26.2. The number of esters is 1. The summed E-state index contributed by atoms with van der Waals surface area (Å²) in [5.74, 6) is -3.81. The highest BCUT2D eigenvalue weighted by atomic mass is 16.6. The lowest BCUT2D eigenvalue weighted by atomic mass is 10.2. The predicted molar refractivity (Wildman–Crippen MR) is 66.9 cm³/mol. The van der Waals surface area contributed by atoms with Gasteiger partial charge in [0, 0.05) is 6.08 Å². The Morgan fingerprint density at radius 2 is 1.75 bits per heavy atom. The number of carbonyl (C=O) groups is 3. The number of carboxylic acids is 2. The molecule has 7 nitrogen and oxygen atoms in total. The average molecular weight is 280 g/mol. The molecule has 0 aromatic heterocycles. The molecule has 0 saturated heterocycles. The van der Waals surface area contributed by atoms with Crippen molar-refractivity contribution in [2.24, 2.45) is 0 Å². The molecular weight excluding hydrogens is 268 g/mol. The summed E-state index contributed by atoms with van der Waals surface area (Å²) in [6.07, 6.45) is -0.218. The van der Waals surface area contributed by atoms with Gasteiger partial charge in [-0.1, -0.05) is 12.1 Å². The van der Waals surface area contributed by atoms with Gasteiger partial charge in [0.15, 0.2) is 0 Å². The molecular formula is C13H12O7. The molecule has 0 unspecified atom stereocenters. The van der Waals surface area contributed by atoms with Crippen molar-refractivity contribution in [3.63, 3.8) is 0 Å². The molecule has 3 N–H and O–H groups in total. The van der Waals surface area contributed by atoms with E-state index in [2.05, 4.69) is 4.74 Å². The Labute approximate surface area is 113 Å². The van der Waals surface area contributed by atoms with Crippen LogP contribution in [0.4, 0.5) is 0 Å². The summed E-state index contributed by atoms with van der Waals surface area (Å²) in [4.78, 5) is 32.5. The number of carbonyl (C=O) groups excluding carboxylic acids is 1. The highest BCUT2D eigenvalue weighted by Crippen LogP contribution is 2.11. The molecule has 1 aromatic carbocycles.